The molecule has 0 aliphatic carbocycles. The number of carboxylic acid groups (broad SMARTS) is 1. The molecule has 126 valence electrons. The van der Waals surface area contributed by atoms with Crippen LogP contribution in [0.1, 0.15) is 33.1 Å². The number of anilines is 1. The molecule has 3 aromatic rings. The highest BCUT2D eigenvalue weighted by Crippen LogP contribution is 2.26. The monoisotopic (exact) mass is 331 g/mol. The second kappa shape index (κ2) is 7.67. The number of carbonyl (C=O) groups is 1. The van der Waals surface area contributed by atoms with Gasteiger partial charge in [-0.05, 0) is 36.6 Å². The van der Waals surface area contributed by atoms with Crippen molar-refractivity contribution >= 4 is 11.7 Å². The first-order valence-corrected chi connectivity index (χ1v) is 8.33. The van der Waals surface area contributed by atoms with Crippen molar-refractivity contribution in [2.45, 2.75) is 19.4 Å². The lowest BCUT2D eigenvalue weighted by Gasteiger charge is -2.22. The van der Waals surface area contributed by atoms with E-state index in [1.165, 1.54) is 5.56 Å². The number of aryl methyl sites for hydroxylation is 1. The number of aromatic carboxylic acids is 1. The predicted octanol–water partition coefficient (Wildman–Crippen LogP) is 5.09. The predicted molar refractivity (Wildman–Crippen MR) is 101 cm³/mol. The molecule has 1 unspecified atom stereocenters. The van der Waals surface area contributed by atoms with E-state index in [9.17, 15) is 9.90 Å². The number of hydrogen-bond donors (Lipinski definition) is 2. The van der Waals surface area contributed by atoms with E-state index >= 15 is 0 Å². The van der Waals surface area contributed by atoms with Crippen LogP contribution in [0.3, 0.4) is 0 Å². The van der Waals surface area contributed by atoms with Crippen molar-refractivity contribution in [1.82, 2.24) is 0 Å². The first kappa shape index (κ1) is 16.8. The van der Waals surface area contributed by atoms with Crippen LogP contribution in [0, 0.1) is 6.92 Å². The minimum atomic E-state index is -0.919. The lowest BCUT2D eigenvalue weighted by atomic mass is 9.98. The fourth-order valence-electron chi connectivity index (χ4n) is 2.94. The summed E-state index contributed by atoms with van der Waals surface area (Å²) in [6, 6.07) is 25.8. The largest absolute Gasteiger partial charge is 0.478 e. The van der Waals surface area contributed by atoms with Crippen molar-refractivity contribution in [3.8, 4) is 0 Å². The molecule has 0 spiro atoms. The zero-order chi connectivity index (χ0) is 17.6. The average Bonchev–Trinajstić information content (AvgIpc) is 2.64. The van der Waals surface area contributed by atoms with Crippen molar-refractivity contribution < 1.29 is 9.90 Å². The topological polar surface area (TPSA) is 49.3 Å². The molecule has 0 aliphatic heterocycles. The first-order valence-electron chi connectivity index (χ1n) is 8.33. The number of carboxylic acids is 1. The summed E-state index contributed by atoms with van der Waals surface area (Å²) in [5.74, 6) is -0.919. The second-order valence-electron chi connectivity index (χ2n) is 6.15. The first-order chi connectivity index (χ1) is 12.1. The van der Waals surface area contributed by atoms with Crippen molar-refractivity contribution in [2.75, 3.05) is 5.32 Å². The third kappa shape index (κ3) is 4.27. The molecule has 0 amide bonds. The van der Waals surface area contributed by atoms with E-state index in [1.807, 2.05) is 55.5 Å². The smallest absolute Gasteiger partial charge is 0.337 e. The van der Waals surface area contributed by atoms with E-state index in [2.05, 4.69) is 29.6 Å². The van der Waals surface area contributed by atoms with E-state index in [4.69, 9.17) is 0 Å². The van der Waals surface area contributed by atoms with Crippen LogP contribution < -0.4 is 5.32 Å². The average molecular weight is 331 g/mol. The molecule has 3 nitrogen and oxygen atoms in total. The molecular formula is C22H21NO2. The molecule has 0 aliphatic rings. The second-order valence-corrected chi connectivity index (χ2v) is 6.15. The van der Waals surface area contributed by atoms with Gasteiger partial charge in [0.05, 0.1) is 11.6 Å². The van der Waals surface area contributed by atoms with Crippen LogP contribution >= 0.6 is 0 Å². The zero-order valence-electron chi connectivity index (χ0n) is 14.1. The minimum absolute atomic E-state index is 0.00981. The van der Waals surface area contributed by atoms with E-state index < -0.39 is 5.97 Å². The maximum Gasteiger partial charge on any atom is 0.337 e. The van der Waals surface area contributed by atoms with Gasteiger partial charge in [0, 0.05) is 5.69 Å². The van der Waals surface area contributed by atoms with Crippen molar-refractivity contribution in [2.24, 2.45) is 0 Å². The summed E-state index contributed by atoms with van der Waals surface area (Å²) in [6.07, 6.45) is 0.776. The number of benzene rings is 3. The van der Waals surface area contributed by atoms with Crippen molar-refractivity contribution in [3.05, 3.63) is 101 Å². The molecule has 0 saturated carbocycles. The lowest BCUT2D eigenvalue weighted by molar-refractivity contribution is 0.0698. The number of nitrogens with one attached hydrogen (secondary N) is 1. The maximum absolute atomic E-state index is 11.6. The Labute approximate surface area is 148 Å². The highest BCUT2D eigenvalue weighted by atomic mass is 16.4. The molecule has 1 atom stereocenters. The fraction of sp³-hybridized carbons (Fsp3) is 0.136. The fourth-order valence-corrected chi connectivity index (χ4v) is 2.94. The molecule has 0 radical (unpaired) electrons. The van der Waals surface area contributed by atoms with Gasteiger partial charge in [-0.3, -0.25) is 0 Å². The standard InChI is InChI=1S/C22H21NO2/c1-16-12-13-20(19(14-16)22(24)25)23-21(18-10-6-3-7-11-18)15-17-8-4-2-5-9-17/h2-14,21,23H,15H2,1H3,(H,24,25). The molecule has 2 N–H and O–H groups in total. The summed E-state index contributed by atoms with van der Waals surface area (Å²) >= 11 is 0. The summed E-state index contributed by atoms with van der Waals surface area (Å²) < 4.78 is 0. The van der Waals surface area contributed by atoms with Gasteiger partial charge in [0.15, 0.2) is 0 Å². The van der Waals surface area contributed by atoms with Crippen molar-refractivity contribution in [1.29, 1.82) is 0 Å². The highest BCUT2D eigenvalue weighted by molar-refractivity contribution is 5.94. The number of rotatable bonds is 6. The zero-order valence-corrected chi connectivity index (χ0v) is 14.1. The highest BCUT2D eigenvalue weighted by Gasteiger charge is 2.16. The quantitative estimate of drug-likeness (QED) is 0.661. The number of hydrogen-bond acceptors (Lipinski definition) is 2. The SMILES string of the molecule is Cc1ccc(NC(Cc2ccccc2)c2ccccc2)c(C(=O)O)c1. The molecule has 0 aromatic heterocycles. The maximum atomic E-state index is 11.6. The van der Waals surface area contributed by atoms with Gasteiger partial charge in [-0.1, -0.05) is 72.3 Å². The van der Waals surface area contributed by atoms with Crippen LogP contribution in [0.2, 0.25) is 0 Å². The molecule has 3 heteroatoms. The summed E-state index contributed by atoms with van der Waals surface area (Å²) in [6.45, 7) is 1.90. The molecule has 0 saturated heterocycles. The third-order valence-corrected chi connectivity index (χ3v) is 4.22. The summed E-state index contributed by atoms with van der Waals surface area (Å²) in [5, 5.41) is 13.0. The molecule has 3 rings (SSSR count). The Morgan fingerprint density at radius 2 is 1.60 bits per heavy atom. The Kier molecular flexibility index (Phi) is 5.14. The third-order valence-electron chi connectivity index (χ3n) is 4.22. The Morgan fingerprint density at radius 3 is 2.24 bits per heavy atom. The van der Waals surface area contributed by atoms with E-state index in [0.29, 0.717) is 11.3 Å². The van der Waals surface area contributed by atoms with E-state index in [-0.39, 0.29) is 6.04 Å². The van der Waals surface area contributed by atoms with Gasteiger partial charge in [0.25, 0.3) is 0 Å². The van der Waals surface area contributed by atoms with Crippen LogP contribution in [0.4, 0.5) is 5.69 Å². The Morgan fingerprint density at radius 1 is 0.960 bits per heavy atom. The van der Waals surface area contributed by atoms with Gasteiger partial charge >= 0.3 is 5.97 Å². The van der Waals surface area contributed by atoms with Crippen LogP contribution in [0.5, 0.6) is 0 Å². The Bertz CT molecular complexity index is 844. The van der Waals surface area contributed by atoms with E-state index in [1.54, 1.807) is 6.07 Å². The molecular weight excluding hydrogens is 310 g/mol. The molecule has 0 bridgehead atoms. The minimum Gasteiger partial charge on any atom is -0.478 e. The van der Waals surface area contributed by atoms with Crippen LogP contribution in [0.25, 0.3) is 0 Å². The molecule has 3 aromatic carbocycles. The normalized spacial score (nSPS) is 11.7. The van der Waals surface area contributed by atoms with Gasteiger partial charge < -0.3 is 10.4 Å². The van der Waals surface area contributed by atoms with Gasteiger partial charge in [0.1, 0.15) is 0 Å². The van der Waals surface area contributed by atoms with Gasteiger partial charge in [-0.25, -0.2) is 4.79 Å². The van der Waals surface area contributed by atoms with Crippen LogP contribution in [-0.4, -0.2) is 11.1 Å². The Balaban J connectivity index is 1.94. The summed E-state index contributed by atoms with van der Waals surface area (Å²) in [5.41, 5.74) is 4.20. The molecule has 0 fully saturated rings. The Hall–Kier alpha value is -3.07. The van der Waals surface area contributed by atoms with Gasteiger partial charge in [-0.15, -0.1) is 0 Å². The lowest BCUT2D eigenvalue weighted by Crippen LogP contribution is -2.16. The van der Waals surface area contributed by atoms with Crippen LogP contribution in [0.15, 0.2) is 78.9 Å². The van der Waals surface area contributed by atoms with Crippen molar-refractivity contribution in [3.63, 3.8) is 0 Å². The summed E-state index contributed by atoms with van der Waals surface area (Å²) in [4.78, 5) is 11.6. The molecule has 0 heterocycles. The van der Waals surface area contributed by atoms with Gasteiger partial charge in [-0.2, -0.15) is 0 Å². The van der Waals surface area contributed by atoms with Crippen LogP contribution in [-0.2, 0) is 6.42 Å². The molecule has 25 heavy (non-hydrogen) atoms. The van der Waals surface area contributed by atoms with Gasteiger partial charge in [0.2, 0.25) is 0 Å². The summed E-state index contributed by atoms with van der Waals surface area (Å²) in [7, 11) is 0. The van der Waals surface area contributed by atoms with E-state index in [0.717, 1.165) is 17.5 Å².